The third kappa shape index (κ3) is 2.66. The minimum absolute atomic E-state index is 0.0559. The number of benzene rings is 2. The lowest BCUT2D eigenvalue weighted by Crippen LogP contribution is -1.89. The van der Waals surface area contributed by atoms with Crippen molar-refractivity contribution in [3.63, 3.8) is 0 Å². The Bertz CT molecular complexity index is 844. The highest BCUT2D eigenvalue weighted by molar-refractivity contribution is 6.38. The van der Waals surface area contributed by atoms with E-state index in [0.717, 1.165) is 0 Å². The zero-order valence-corrected chi connectivity index (χ0v) is 12.4. The second-order valence-electron chi connectivity index (χ2n) is 4.33. The monoisotopic (exact) mass is 335 g/mol. The van der Waals surface area contributed by atoms with Crippen LogP contribution in [0.15, 0.2) is 47.0 Å². The van der Waals surface area contributed by atoms with E-state index in [2.05, 4.69) is 10.1 Å². The standard InChI is InChI=1S/C14H7Cl2N3O3/c15-10-5-2-6-11(16)12(10)14-17-13(18-22-14)8-3-1-4-9(7-8)19(20)21/h1-7H. The van der Waals surface area contributed by atoms with Crippen LogP contribution in [0, 0.1) is 10.1 Å². The van der Waals surface area contributed by atoms with Crippen LogP contribution in [0.4, 0.5) is 5.69 Å². The Kier molecular flexibility index (Phi) is 3.79. The van der Waals surface area contributed by atoms with Gasteiger partial charge in [-0.3, -0.25) is 10.1 Å². The van der Waals surface area contributed by atoms with Gasteiger partial charge < -0.3 is 4.52 Å². The fraction of sp³-hybridized carbons (Fsp3) is 0. The Balaban J connectivity index is 2.05. The van der Waals surface area contributed by atoms with Crippen LogP contribution < -0.4 is 0 Å². The molecule has 0 N–H and O–H groups in total. The van der Waals surface area contributed by atoms with Crippen LogP contribution in [0.5, 0.6) is 0 Å². The molecule has 0 fully saturated rings. The Labute approximate surface area is 134 Å². The summed E-state index contributed by atoms with van der Waals surface area (Å²) >= 11 is 12.2. The van der Waals surface area contributed by atoms with Crippen molar-refractivity contribution in [1.29, 1.82) is 0 Å². The molecular formula is C14H7Cl2N3O3. The third-order valence-corrected chi connectivity index (χ3v) is 3.55. The predicted molar refractivity (Wildman–Crippen MR) is 81.8 cm³/mol. The number of non-ortho nitro benzene ring substituents is 1. The lowest BCUT2D eigenvalue weighted by molar-refractivity contribution is -0.384. The number of nitro groups is 1. The lowest BCUT2D eigenvalue weighted by Gasteiger charge is -2.00. The van der Waals surface area contributed by atoms with Crippen molar-refractivity contribution in [3.05, 3.63) is 62.6 Å². The molecular weight excluding hydrogens is 329 g/mol. The molecule has 8 heteroatoms. The van der Waals surface area contributed by atoms with Gasteiger partial charge in [0.2, 0.25) is 5.82 Å². The molecule has 6 nitrogen and oxygen atoms in total. The van der Waals surface area contributed by atoms with Gasteiger partial charge in [0.05, 0.1) is 20.5 Å². The molecule has 0 saturated heterocycles. The van der Waals surface area contributed by atoms with Gasteiger partial charge in [-0.25, -0.2) is 0 Å². The zero-order valence-electron chi connectivity index (χ0n) is 10.9. The second-order valence-corrected chi connectivity index (χ2v) is 5.14. The van der Waals surface area contributed by atoms with E-state index in [-0.39, 0.29) is 17.4 Å². The molecule has 0 aliphatic carbocycles. The van der Waals surface area contributed by atoms with E-state index >= 15 is 0 Å². The first-order valence-electron chi connectivity index (χ1n) is 6.09. The number of halogens is 2. The Morgan fingerprint density at radius 3 is 2.45 bits per heavy atom. The molecule has 0 spiro atoms. The van der Waals surface area contributed by atoms with Crippen molar-refractivity contribution in [1.82, 2.24) is 10.1 Å². The van der Waals surface area contributed by atoms with E-state index in [4.69, 9.17) is 27.7 Å². The fourth-order valence-corrected chi connectivity index (χ4v) is 2.46. The van der Waals surface area contributed by atoms with Crippen molar-refractivity contribution >= 4 is 28.9 Å². The molecule has 0 radical (unpaired) electrons. The van der Waals surface area contributed by atoms with E-state index in [1.807, 2.05) is 0 Å². The summed E-state index contributed by atoms with van der Waals surface area (Å²) in [6.07, 6.45) is 0. The summed E-state index contributed by atoms with van der Waals surface area (Å²) < 4.78 is 5.17. The molecule has 0 saturated carbocycles. The molecule has 22 heavy (non-hydrogen) atoms. The molecule has 1 aromatic heterocycles. The average Bonchev–Trinajstić information content (AvgIpc) is 2.97. The highest BCUT2D eigenvalue weighted by Gasteiger charge is 2.17. The molecule has 0 unspecified atom stereocenters. The highest BCUT2D eigenvalue weighted by atomic mass is 35.5. The van der Waals surface area contributed by atoms with E-state index in [0.29, 0.717) is 21.2 Å². The molecule has 0 bridgehead atoms. The molecule has 2 aromatic carbocycles. The number of hydrogen-bond acceptors (Lipinski definition) is 5. The van der Waals surface area contributed by atoms with Crippen LogP contribution >= 0.6 is 23.2 Å². The van der Waals surface area contributed by atoms with E-state index in [9.17, 15) is 10.1 Å². The van der Waals surface area contributed by atoms with Crippen molar-refractivity contribution in [3.8, 4) is 22.8 Å². The minimum atomic E-state index is -0.491. The van der Waals surface area contributed by atoms with Crippen molar-refractivity contribution < 1.29 is 9.45 Å². The molecule has 0 aliphatic heterocycles. The molecule has 3 rings (SSSR count). The van der Waals surface area contributed by atoms with Gasteiger partial charge in [0.15, 0.2) is 0 Å². The van der Waals surface area contributed by atoms with Gasteiger partial charge in [-0.2, -0.15) is 4.98 Å². The number of hydrogen-bond donors (Lipinski definition) is 0. The van der Waals surface area contributed by atoms with Crippen LogP contribution in [0.3, 0.4) is 0 Å². The SMILES string of the molecule is O=[N+]([O-])c1cccc(-c2noc(-c3c(Cl)cccc3Cl)n2)c1. The van der Waals surface area contributed by atoms with Gasteiger partial charge >= 0.3 is 0 Å². The molecule has 3 aromatic rings. The number of rotatable bonds is 3. The quantitative estimate of drug-likeness (QED) is 0.515. The molecule has 1 heterocycles. The summed E-state index contributed by atoms with van der Waals surface area (Å²) in [5.41, 5.74) is 0.835. The van der Waals surface area contributed by atoms with E-state index < -0.39 is 4.92 Å². The second kappa shape index (κ2) is 5.75. The van der Waals surface area contributed by atoms with Crippen molar-refractivity contribution in [2.75, 3.05) is 0 Å². The third-order valence-electron chi connectivity index (χ3n) is 2.92. The van der Waals surface area contributed by atoms with E-state index in [1.165, 1.54) is 12.1 Å². The van der Waals surface area contributed by atoms with Gasteiger partial charge in [-0.15, -0.1) is 0 Å². The van der Waals surface area contributed by atoms with Gasteiger partial charge in [0.25, 0.3) is 11.6 Å². The lowest BCUT2D eigenvalue weighted by atomic mass is 10.2. The Hall–Kier alpha value is -2.44. The first-order chi connectivity index (χ1) is 10.6. The van der Waals surface area contributed by atoms with Crippen LogP contribution in [0.25, 0.3) is 22.8 Å². The maximum atomic E-state index is 10.8. The smallest absolute Gasteiger partial charge is 0.270 e. The maximum absolute atomic E-state index is 10.8. The summed E-state index contributed by atoms with van der Waals surface area (Å²) in [6, 6.07) is 11.0. The zero-order chi connectivity index (χ0) is 15.7. The van der Waals surface area contributed by atoms with Gasteiger partial charge in [-0.05, 0) is 12.1 Å². The van der Waals surface area contributed by atoms with Crippen LogP contribution in [0.1, 0.15) is 0 Å². The van der Waals surface area contributed by atoms with Gasteiger partial charge in [-0.1, -0.05) is 46.6 Å². The number of nitro benzene ring substituents is 1. The summed E-state index contributed by atoms with van der Waals surface area (Å²) in [5.74, 6) is 0.367. The van der Waals surface area contributed by atoms with Gasteiger partial charge in [0.1, 0.15) is 0 Å². The van der Waals surface area contributed by atoms with Crippen LogP contribution in [-0.4, -0.2) is 15.1 Å². The van der Waals surface area contributed by atoms with Crippen LogP contribution in [-0.2, 0) is 0 Å². The maximum Gasteiger partial charge on any atom is 0.270 e. The summed E-state index contributed by atoms with van der Waals surface area (Å²) in [4.78, 5) is 14.5. The number of aromatic nitrogens is 2. The normalized spacial score (nSPS) is 10.6. The van der Waals surface area contributed by atoms with Crippen LogP contribution in [0.2, 0.25) is 10.0 Å². The first kappa shape index (κ1) is 14.5. The Morgan fingerprint density at radius 2 is 1.77 bits per heavy atom. The average molecular weight is 336 g/mol. The molecule has 0 aliphatic rings. The van der Waals surface area contributed by atoms with Crippen molar-refractivity contribution in [2.24, 2.45) is 0 Å². The topological polar surface area (TPSA) is 82.1 Å². The summed E-state index contributed by atoms with van der Waals surface area (Å²) in [5, 5.41) is 15.4. The predicted octanol–water partition coefficient (Wildman–Crippen LogP) is 4.62. The Morgan fingerprint density at radius 1 is 1.09 bits per heavy atom. The first-order valence-corrected chi connectivity index (χ1v) is 6.85. The molecule has 0 amide bonds. The van der Waals surface area contributed by atoms with Crippen molar-refractivity contribution in [2.45, 2.75) is 0 Å². The van der Waals surface area contributed by atoms with Gasteiger partial charge in [0, 0.05) is 17.7 Å². The van der Waals surface area contributed by atoms with E-state index in [1.54, 1.807) is 30.3 Å². The highest BCUT2D eigenvalue weighted by Crippen LogP contribution is 2.34. The summed E-state index contributed by atoms with van der Waals surface area (Å²) in [6.45, 7) is 0. The fourth-order valence-electron chi connectivity index (χ4n) is 1.90. The molecule has 0 atom stereocenters. The number of nitrogens with zero attached hydrogens (tertiary/aromatic N) is 3. The molecule has 110 valence electrons. The summed E-state index contributed by atoms with van der Waals surface area (Å²) in [7, 11) is 0. The largest absolute Gasteiger partial charge is 0.334 e. The minimum Gasteiger partial charge on any atom is -0.334 e.